The number of carbonyl (C=O) groups is 2. The Bertz CT molecular complexity index is 1170. The molecule has 7 heteroatoms. The van der Waals surface area contributed by atoms with Crippen LogP contribution in [0.15, 0.2) is 58.9 Å². The number of furan rings is 1. The van der Waals surface area contributed by atoms with Gasteiger partial charge in [-0.2, -0.15) is 0 Å². The summed E-state index contributed by atoms with van der Waals surface area (Å²) in [4.78, 5) is 24.9. The lowest BCUT2D eigenvalue weighted by molar-refractivity contribution is 0.0699. The Hall–Kier alpha value is -4.00. The molecule has 0 saturated carbocycles. The van der Waals surface area contributed by atoms with Gasteiger partial charge in [0.1, 0.15) is 11.5 Å². The van der Waals surface area contributed by atoms with Crippen LogP contribution in [-0.2, 0) is 0 Å². The molecule has 0 bridgehead atoms. The highest BCUT2D eigenvalue weighted by atomic mass is 16.7. The first kappa shape index (κ1) is 17.1. The van der Waals surface area contributed by atoms with E-state index in [2.05, 4.69) is 0 Å². The van der Waals surface area contributed by atoms with Crippen molar-refractivity contribution < 1.29 is 33.0 Å². The highest BCUT2D eigenvalue weighted by molar-refractivity contribution is 6.15. The van der Waals surface area contributed by atoms with E-state index >= 15 is 0 Å². The molecule has 0 atom stereocenters. The van der Waals surface area contributed by atoms with E-state index in [4.69, 9.17) is 23.4 Å². The summed E-state index contributed by atoms with van der Waals surface area (Å²) in [6.45, 7) is 1.90. The van der Waals surface area contributed by atoms with Crippen molar-refractivity contribution in [1.29, 1.82) is 0 Å². The Morgan fingerprint density at radius 1 is 1.10 bits per heavy atom. The monoisotopic (exact) mass is 390 g/mol. The highest BCUT2D eigenvalue weighted by Crippen LogP contribution is 2.40. The summed E-state index contributed by atoms with van der Waals surface area (Å²) in [5.41, 5.74) is 1.70. The summed E-state index contributed by atoms with van der Waals surface area (Å²) in [6.07, 6.45) is 3.03. The fraction of sp³-hybridized carbons (Fsp3) is 0.0909. The molecule has 144 valence electrons. The van der Waals surface area contributed by atoms with Gasteiger partial charge in [0.15, 0.2) is 17.3 Å². The molecule has 0 saturated heterocycles. The van der Waals surface area contributed by atoms with Crippen LogP contribution < -0.4 is 18.9 Å². The van der Waals surface area contributed by atoms with Crippen molar-refractivity contribution in [1.82, 2.24) is 0 Å². The van der Waals surface area contributed by atoms with Gasteiger partial charge in [-0.25, -0.2) is 4.79 Å². The van der Waals surface area contributed by atoms with Crippen LogP contribution in [0.5, 0.6) is 23.0 Å². The van der Waals surface area contributed by atoms with Crippen molar-refractivity contribution in [3.8, 4) is 23.0 Å². The number of ketones is 1. The molecule has 0 N–H and O–H groups in total. The molecule has 0 aliphatic carbocycles. The second-order valence-corrected chi connectivity index (χ2v) is 6.48. The SMILES string of the molecule is Cc1c(OC(=O)c2ccco2)ccc2c1O/C(=C\c1ccc3c(c1)OCO3)C2=O. The molecular formula is C22H14O7. The van der Waals surface area contributed by atoms with E-state index in [1.165, 1.54) is 12.3 Å². The summed E-state index contributed by atoms with van der Waals surface area (Å²) in [5.74, 6) is 1.33. The van der Waals surface area contributed by atoms with Crippen LogP contribution in [-0.4, -0.2) is 18.5 Å². The van der Waals surface area contributed by atoms with Gasteiger partial charge in [-0.05, 0) is 55.0 Å². The van der Waals surface area contributed by atoms with E-state index in [-0.39, 0.29) is 24.1 Å². The van der Waals surface area contributed by atoms with Crippen LogP contribution in [0.2, 0.25) is 0 Å². The first-order valence-electron chi connectivity index (χ1n) is 8.83. The topological polar surface area (TPSA) is 84.2 Å². The molecular weight excluding hydrogens is 376 g/mol. The molecule has 3 aromatic rings. The second-order valence-electron chi connectivity index (χ2n) is 6.48. The lowest BCUT2D eigenvalue weighted by Crippen LogP contribution is -2.08. The number of benzene rings is 2. The van der Waals surface area contributed by atoms with Gasteiger partial charge in [-0.1, -0.05) is 6.07 Å². The van der Waals surface area contributed by atoms with Crippen molar-refractivity contribution in [2.75, 3.05) is 6.79 Å². The fourth-order valence-electron chi connectivity index (χ4n) is 3.18. The van der Waals surface area contributed by atoms with E-state index in [1.807, 2.05) is 6.07 Å². The van der Waals surface area contributed by atoms with Crippen LogP contribution in [0.3, 0.4) is 0 Å². The van der Waals surface area contributed by atoms with Gasteiger partial charge < -0.3 is 23.4 Å². The molecule has 0 fully saturated rings. The third kappa shape index (κ3) is 2.93. The first-order chi connectivity index (χ1) is 14.1. The number of ether oxygens (including phenoxy) is 4. The first-order valence-corrected chi connectivity index (χ1v) is 8.83. The fourth-order valence-corrected chi connectivity index (χ4v) is 3.18. The third-order valence-corrected chi connectivity index (χ3v) is 4.66. The van der Waals surface area contributed by atoms with Crippen LogP contribution in [0.1, 0.15) is 32.0 Å². The molecule has 1 aromatic heterocycles. The van der Waals surface area contributed by atoms with Crippen molar-refractivity contribution in [3.63, 3.8) is 0 Å². The molecule has 2 aliphatic heterocycles. The summed E-state index contributed by atoms with van der Waals surface area (Å²) < 4.78 is 26.9. The van der Waals surface area contributed by atoms with Crippen molar-refractivity contribution in [2.24, 2.45) is 0 Å². The van der Waals surface area contributed by atoms with Crippen molar-refractivity contribution in [2.45, 2.75) is 6.92 Å². The van der Waals surface area contributed by atoms with Gasteiger partial charge in [0.2, 0.25) is 18.3 Å². The lowest BCUT2D eigenvalue weighted by atomic mass is 10.1. The Morgan fingerprint density at radius 2 is 1.97 bits per heavy atom. The molecule has 5 rings (SSSR count). The number of hydrogen-bond donors (Lipinski definition) is 0. The maximum absolute atomic E-state index is 12.7. The minimum absolute atomic E-state index is 0.0882. The average molecular weight is 390 g/mol. The predicted molar refractivity (Wildman–Crippen MR) is 100 cm³/mol. The van der Waals surface area contributed by atoms with Gasteiger partial charge in [-0.3, -0.25) is 4.79 Å². The van der Waals surface area contributed by atoms with Crippen LogP contribution in [0.25, 0.3) is 6.08 Å². The van der Waals surface area contributed by atoms with E-state index < -0.39 is 5.97 Å². The quantitative estimate of drug-likeness (QED) is 0.377. The molecule has 0 radical (unpaired) electrons. The Balaban J connectivity index is 1.43. The molecule has 29 heavy (non-hydrogen) atoms. The van der Waals surface area contributed by atoms with Crippen LogP contribution in [0, 0.1) is 6.92 Å². The normalized spacial score (nSPS) is 15.3. The molecule has 0 unspecified atom stereocenters. The minimum Gasteiger partial charge on any atom is -0.457 e. The standard InChI is InChI=1S/C22H14O7/c1-12-15(29-22(24)17-3-2-8-25-17)7-5-14-20(23)19(28-21(12)14)10-13-4-6-16-18(9-13)27-11-26-16/h2-10H,11H2,1H3/b19-10-. The Labute approximate surface area is 165 Å². The van der Waals surface area contributed by atoms with Crippen LogP contribution >= 0.6 is 0 Å². The zero-order valence-electron chi connectivity index (χ0n) is 15.3. The number of Topliss-reactive ketones (excluding diaryl/α,β-unsaturated/α-hetero) is 1. The minimum atomic E-state index is -0.626. The van der Waals surface area contributed by atoms with E-state index in [9.17, 15) is 9.59 Å². The van der Waals surface area contributed by atoms with Crippen molar-refractivity contribution >= 4 is 17.8 Å². The molecule has 0 amide bonds. The van der Waals surface area contributed by atoms with Gasteiger partial charge in [0.05, 0.1) is 11.8 Å². The highest BCUT2D eigenvalue weighted by Gasteiger charge is 2.31. The molecule has 2 aliphatic rings. The number of rotatable bonds is 3. The maximum Gasteiger partial charge on any atom is 0.379 e. The Morgan fingerprint density at radius 3 is 2.79 bits per heavy atom. The predicted octanol–water partition coefficient (Wildman–Crippen LogP) is 4.15. The zero-order valence-corrected chi connectivity index (χ0v) is 15.3. The van der Waals surface area contributed by atoms with Crippen LogP contribution in [0.4, 0.5) is 0 Å². The number of carbonyl (C=O) groups excluding carboxylic acids is 2. The maximum atomic E-state index is 12.7. The summed E-state index contributed by atoms with van der Waals surface area (Å²) in [6, 6.07) is 11.6. The lowest BCUT2D eigenvalue weighted by Gasteiger charge is -2.09. The molecule has 2 aromatic carbocycles. The van der Waals surface area contributed by atoms with Gasteiger partial charge in [-0.15, -0.1) is 0 Å². The largest absolute Gasteiger partial charge is 0.457 e. The van der Waals surface area contributed by atoms with E-state index in [0.29, 0.717) is 34.1 Å². The second kappa shape index (κ2) is 6.56. The number of allylic oxidation sites excluding steroid dienone is 1. The third-order valence-electron chi connectivity index (χ3n) is 4.66. The Kier molecular flexibility index (Phi) is 3.87. The molecule has 3 heterocycles. The van der Waals surface area contributed by atoms with Crippen molar-refractivity contribution in [3.05, 3.63) is 76.9 Å². The summed E-state index contributed by atoms with van der Waals surface area (Å²) >= 11 is 0. The number of hydrogen-bond acceptors (Lipinski definition) is 7. The average Bonchev–Trinajstić information content (AvgIpc) is 3.46. The summed E-state index contributed by atoms with van der Waals surface area (Å²) in [7, 11) is 0. The number of esters is 1. The van der Waals surface area contributed by atoms with E-state index in [0.717, 1.165) is 5.56 Å². The zero-order chi connectivity index (χ0) is 20.0. The van der Waals surface area contributed by atoms with Gasteiger partial charge in [0, 0.05) is 5.56 Å². The smallest absolute Gasteiger partial charge is 0.379 e. The molecule has 0 spiro atoms. The van der Waals surface area contributed by atoms with Gasteiger partial charge in [0.25, 0.3) is 0 Å². The number of fused-ring (bicyclic) bond motifs is 2. The van der Waals surface area contributed by atoms with Gasteiger partial charge >= 0.3 is 5.97 Å². The summed E-state index contributed by atoms with van der Waals surface area (Å²) in [5, 5.41) is 0. The van der Waals surface area contributed by atoms with E-state index in [1.54, 1.807) is 43.3 Å². The molecule has 7 nitrogen and oxygen atoms in total.